The Hall–Kier alpha value is -1.08. The van der Waals surface area contributed by atoms with Crippen molar-refractivity contribution >= 4 is 0 Å². The molecule has 1 unspecified atom stereocenters. The van der Waals surface area contributed by atoms with Gasteiger partial charge in [-0.25, -0.2) is 0 Å². The van der Waals surface area contributed by atoms with Crippen LogP contribution in [0.4, 0.5) is 0 Å². The van der Waals surface area contributed by atoms with Gasteiger partial charge in [0, 0.05) is 6.92 Å². The lowest BCUT2D eigenvalue weighted by Gasteiger charge is -2.01. The van der Waals surface area contributed by atoms with Gasteiger partial charge in [-0.1, -0.05) is 18.8 Å². The lowest BCUT2D eigenvalue weighted by Crippen LogP contribution is -2.03. The molecule has 0 saturated carbocycles. The molecule has 0 aliphatic carbocycles. The lowest BCUT2D eigenvalue weighted by atomic mass is 10.3. The molecule has 0 aromatic rings. The Morgan fingerprint density at radius 2 is 2.33 bits per heavy atom. The van der Waals surface area contributed by atoms with Crippen molar-refractivity contribution in [2.24, 2.45) is 0 Å². The van der Waals surface area contributed by atoms with Gasteiger partial charge in [0.05, 0.1) is 0 Å². The minimum Gasteiger partial charge on any atom is -0.430 e. The zero-order valence-electron chi connectivity index (χ0n) is 5.77. The Kier molecular flexibility index (Phi) is 4.46. The molecule has 0 aliphatic heterocycles. The molecule has 0 aromatic heterocycles. The zero-order valence-corrected chi connectivity index (χ0v) is 5.77. The molecule has 0 amide bonds. The first-order valence-electron chi connectivity index (χ1n) is 2.88. The Morgan fingerprint density at radius 3 is 2.67 bits per heavy atom. The van der Waals surface area contributed by atoms with Crippen molar-refractivity contribution in [3.63, 3.8) is 0 Å². The summed E-state index contributed by atoms with van der Waals surface area (Å²) in [7, 11) is 0. The highest BCUT2D eigenvalue weighted by molar-refractivity contribution is 4.97. The Balaban J connectivity index is 3.55. The van der Waals surface area contributed by atoms with Gasteiger partial charge in [0.25, 0.3) is 0 Å². The van der Waals surface area contributed by atoms with E-state index in [0.717, 1.165) is 6.42 Å². The quantitative estimate of drug-likeness (QED) is 0.503. The molecule has 0 heterocycles. The Morgan fingerprint density at radius 1 is 1.67 bits per heavy atom. The van der Waals surface area contributed by atoms with Crippen molar-refractivity contribution in [2.45, 2.75) is 26.4 Å². The van der Waals surface area contributed by atoms with Crippen molar-refractivity contribution in [1.29, 1.82) is 0 Å². The maximum absolute atomic E-state index is 5.08. The molecule has 0 rings (SSSR count). The number of terminal acetylenes is 1. The van der Waals surface area contributed by atoms with Crippen LogP contribution in [0.3, 0.4) is 0 Å². The van der Waals surface area contributed by atoms with Crippen LogP contribution < -0.4 is 0 Å². The van der Waals surface area contributed by atoms with Crippen LogP contribution in [0.25, 0.3) is 0 Å². The van der Waals surface area contributed by atoms with Crippen molar-refractivity contribution < 1.29 is 4.74 Å². The molecule has 0 aromatic carbocycles. The highest BCUT2D eigenvalue weighted by Gasteiger charge is 1.96. The smallest absolute Gasteiger partial charge is 0.170 e. The SMILES string of the molecule is C#CC(CC)OC#CC. The van der Waals surface area contributed by atoms with Crippen molar-refractivity contribution in [1.82, 2.24) is 0 Å². The molecule has 0 saturated heterocycles. The van der Waals surface area contributed by atoms with E-state index in [1.165, 1.54) is 0 Å². The topological polar surface area (TPSA) is 9.23 Å². The van der Waals surface area contributed by atoms with Crippen molar-refractivity contribution in [2.75, 3.05) is 0 Å². The summed E-state index contributed by atoms with van der Waals surface area (Å²) in [5.41, 5.74) is 0. The van der Waals surface area contributed by atoms with E-state index in [4.69, 9.17) is 11.2 Å². The minimum atomic E-state index is -0.141. The molecule has 1 atom stereocenters. The summed E-state index contributed by atoms with van der Waals surface area (Å²) < 4.78 is 4.89. The second kappa shape index (κ2) is 5.06. The molecular weight excluding hydrogens is 112 g/mol. The second-order valence-corrected chi connectivity index (χ2v) is 1.53. The number of ether oxygens (including phenoxy) is 1. The van der Waals surface area contributed by atoms with Crippen LogP contribution in [0.15, 0.2) is 0 Å². The average Bonchev–Trinajstić information content (AvgIpc) is 1.91. The number of hydrogen-bond donors (Lipinski definition) is 0. The predicted octanol–water partition coefficient (Wildman–Crippen LogP) is 1.40. The summed E-state index contributed by atoms with van der Waals surface area (Å²) in [5.74, 6) is 5.06. The van der Waals surface area contributed by atoms with E-state index in [1.807, 2.05) is 6.92 Å². The van der Waals surface area contributed by atoms with Gasteiger partial charge in [-0.2, -0.15) is 0 Å². The highest BCUT2D eigenvalue weighted by atomic mass is 16.5. The van der Waals surface area contributed by atoms with Gasteiger partial charge in [-0.15, -0.1) is 6.42 Å². The van der Waals surface area contributed by atoms with Gasteiger partial charge in [0.1, 0.15) is 6.11 Å². The molecule has 0 radical (unpaired) electrons. The fourth-order valence-corrected chi connectivity index (χ4v) is 0.365. The molecule has 48 valence electrons. The maximum atomic E-state index is 5.08. The van der Waals surface area contributed by atoms with Crippen LogP contribution in [-0.2, 0) is 4.74 Å². The molecule has 1 heteroatoms. The fourth-order valence-electron chi connectivity index (χ4n) is 0.365. The van der Waals surface area contributed by atoms with Gasteiger partial charge in [-0.3, -0.25) is 0 Å². The molecule has 0 spiro atoms. The van der Waals surface area contributed by atoms with Gasteiger partial charge in [0.2, 0.25) is 0 Å². The van der Waals surface area contributed by atoms with E-state index < -0.39 is 0 Å². The van der Waals surface area contributed by atoms with E-state index in [9.17, 15) is 0 Å². The van der Waals surface area contributed by atoms with Crippen LogP contribution in [0.1, 0.15) is 20.3 Å². The fraction of sp³-hybridized carbons (Fsp3) is 0.500. The van der Waals surface area contributed by atoms with Crippen LogP contribution >= 0.6 is 0 Å². The van der Waals surface area contributed by atoms with Crippen LogP contribution in [0.5, 0.6) is 0 Å². The summed E-state index contributed by atoms with van der Waals surface area (Å²) in [6.45, 7) is 3.67. The Labute approximate surface area is 56.4 Å². The summed E-state index contributed by atoms with van der Waals surface area (Å²) in [6.07, 6.45) is 8.21. The highest BCUT2D eigenvalue weighted by Crippen LogP contribution is 1.92. The molecule has 0 aliphatic rings. The number of hydrogen-bond acceptors (Lipinski definition) is 1. The first-order valence-corrected chi connectivity index (χ1v) is 2.88. The van der Waals surface area contributed by atoms with Gasteiger partial charge < -0.3 is 4.74 Å². The molecule has 9 heavy (non-hydrogen) atoms. The van der Waals surface area contributed by atoms with Crippen LogP contribution in [-0.4, -0.2) is 6.10 Å². The van der Waals surface area contributed by atoms with Crippen molar-refractivity contribution in [3.8, 4) is 24.4 Å². The van der Waals surface area contributed by atoms with Crippen molar-refractivity contribution in [3.05, 3.63) is 0 Å². The summed E-state index contributed by atoms with van der Waals surface area (Å²) in [4.78, 5) is 0. The third-order valence-electron chi connectivity index (χ3n) is 0.860. The number of rotatable bonds is 2. The molecule has 0 fully saturated rings. The van der Waals surface area contributed by atoms with E-state index in [2.05, 4.69) is 17.9 Å². The predicted molar refractivity (Wildman–Crippen MR) is 37.4 cm³/mol. The standard InChI is InChI=1S/C8H10O/c1-4-7-9-8(5-2)6-3/h2,8H,6H2,1,3H3. The van der Waals surface area contributed by atoms with E-state index in [0.29, 0.717) is 0 Å². The average molecular weight is 122 g/mol. The van der Waals surface area contributed by atoms with Gasteiger partial charge in [-0.05, 0) is 6.42 Å². The first-order chi connectivity index (χ1) is 4.35. The van der Waals surface area contributed by atoms with Gasteiger partial charge >= 0.3 is 0 Å². The van der Waals surface area contributed by atoms with E-state index in [-0.39, 0.29) is 6.10 Å². The minimum absolute atomic E-state index is 0.141. The molecular formula is C8H10O. The van der Waals surface area contributed by atoms with E-state index in [1.54, 1.807) is 6.92 Å². The molecule has 1 nitrogen and oxygen atoms in total. The molecule has 0 bridgehead atoms. The largest absolute Gasteiger partial charge is 0.430 e. The van der Waals surface area contributed by atoms with Crippen LogP contribution in [0.2, 0.25) is 0 Å². The summed E-state index contributed by atoms with van der Waals surface area (Å²) in [6, 6.07) is 0. The lowest BCUT2D eigenvalue weighted by molar-refractivity contribution is 0.216. The third kappa shape index (κ3) is 3.50. The van der Waals surface area contributed by atoms with Gasteiger partial charge in [0.15, 0.2) is 6.10 Å². The summed E-state index contributed by atoms with van der Waals surface area (Å²) in [5, 5.41) is 0. The first kappa shape index (κ1) is 7.92. The van der Waals surface area contributed by atoms with Crippen LogP contribution in [0, 0.1) is 24.4 Å². The zero-order chi connectivity index (χ0) is 7.11. The monoisotopic (exact) mass is 122 g/mol. The summed E-state index contributed by atoms with van der Waals surface area (Å²) >= 11 is 0. The normalized spacial score (nSPS) is 10.3. The second-order valence-electron chi connectivity index (χ2n) is 1.53. The van der Waals surface area contributed by atoms with E-state index >= 15 is 0 Å². The maximum Gasteiger partial charge on any atom is 0.170 e. The third-order valence-corrected chi connectivity index (χ3v) is 0.860. The molecule has 0 N–H and O–H groups in total. The Bertz CT molecular complexity index is 154.